The number of pyridine rings is 1. The topological polar surface area (TPSA) is 140 Å². The SMILES string of the molecule is CN1CCN(c2ccc(Nc3nc(N)n(-c4cccc(CCCC(=O)c5cncn(Cc6ccc(F)c(F)c6)c5=O)n4)n3)cc2)CC1. The summed E-state index contributed by atoms with van der Waals surface area (Å²) in [5.74, 6) is -1.39. The molecule has 0 unspecified atom stereocenters. The third-order valence-corrected chi connectivity index (χ3v) is 8.01. The third-order valence-electron chi connectivity index (χ3n) is 8.01. The van der Waals surface area contributed by atoms with Crippen LogP contribution < -0.4 is 21.5 Å². The van der Waals surface area contributed by atoms with Gasteiger partial charge in [0.25, 0.3) is 5.56 Å². The fourth-order valence-electron chi connectivity index (χ4n) is 5.37. The van der Waals surface area contributed by atoms with Crippen LogP contribution in [0.25, 0.3) is 5.82 Å². The summed E-state index contributed by atoms with van der Waals surface area (Å²) in [5.41, 5.74) is 8.64. The first kappa shape index (κ1) is 31.5. The number of aromatic nitrogens is 6. The molecule has 1 aliphatic heterocycles. The number of halogens is 2. The Labute approximate surface area is 269 Å². The van der Waals surface area contributed by atoms with Gasteiger partial charge < -0.3 is 20.9 Å². The van der Waals surface area contributed by atoms with Gasteiger partial charge in [0.1, 0.15) is 5.56 Å². The van der Waals surface area contributed by atoms with Gasteiger partial charge in [-0.15, -0.1) is 5.10 Å². The van der Waals surface area contributed by atoms with E-state index >= 15 is 0 Å². The number of nitrogen functional groups attached to an aromatic ring is 1. The number of nitrogens with zero attached hydrogens (tertiary/aromatic N) is 8. The fourth-order valence-corrected chi connectivity index (χ4v) is 5.37. The van der Waals surface area contributed by atoms with E-state index < -0.39 is 17.2 Å². The standard InChI is InChI=1S/C33H34F2N10O2/c1-42-14-16-43(17-15-42)25-11-9-24(10-12-25)39-33-40-32(36)45(41-33)30-7-3-5-23(38-30)4-2-6-29(46)26-19-37-21-44(31(26)47)20-22-8-13-27(34)28(35)18-22/h3,5,7-13,18-19,21H,2,4,6,14-17,20H2,1H3,(H3,36,39,40,41). The Morgan fingerprint density at radius 3 is 2.53 bits per heavy atom. The Morgan fingerprint density at radius 1 is 0.979 bits per heavy atom. The lowest BCUT2D eigenvalue weighted by Crippen LogP contribution is -2.44. The smallest absolute Gasteiger partial charge is 0.264 e. The molecule has 0 atom stereocenters. The normalized spacial score (nSPS) is 13.6. The van der Waals surface area contributed by atoms with Gasteiger partial charge in [0.15, 0.2) is 23.2 Å². The molecular weight excluding hydrogens is 606 g/mol. The van der Waals surface area contributed by atoms with Crippen LogP contribution in [0.1, 0.15) is 34.5 Å². The van der Waals surface area contributed by atoms with E-state index in [1.54, 1.807) is 6.07 Å². The molecule has 14 heteroatoms. The number of ketones is 1. The molecule has 1 saturated heterocycles. The number of Topliss-reactive ketones (excluding diaryl/α,β-unsaturated/α-hetero) is 1. The summed E-state index contributed by atoms with van der Waals surface area (Å²) in [6.45, 7) is 4.00. The number of anilines is 4. The predicted octanol–water partition coefficient (Wildman–Crippen LogP) is 3.83. The largest absolute Gasteiger partial charge is 0.369 e. The van der Waals surface area contributed by atoms with Gasteiger partial charge >= 0.3 is 0 Å². The van der Waals surface area contributed by atoms with E-state index in [0.717, 1.165) is 44.0 Å². The van der Waals surface area contributed by atoms with Crippen LogP contribution in [0.5, 0.6) is 0 Å². The van der Waals surface area contributed by atoms with E-state index in [2.05, 4.69) is 54.3 Å². The lowest BCUT2D eigenvalue weighted by atomic mass is 10.1. The summed E-state index contributed by atoms with van der Waals surface area (Å²) in [4.78, 5) is 43.5. The minimum absolute atomic E-state index is 0.0489. The van der Waals surface area contributed by atoms with Crippen LogP contribution >= 0.6 is 0 Å². The molecule has 3 N–H and O–H groups in total. The van der Waals surface area contributed by atoms with Crippen LogP contribution in [0.2, 0.25) is 0 Å². The summed E-state index contributed by atoms with van der Waals surface area (Å²) >= 11 is 0. The van der Waals surface area contributed by atoms with Crippen molar-refractivity contribution in [2.45, 2.75) is 25.8 Å². The maximum atomic E-state index is 13.6. The average Bonchev–Trinajstić information content (AvgIpc) is 3.44. The quantitative estimate of drug-likeness (QED) is 0.205. The molecule has 0 amide bonds. The maximum absolute atomic E-state index is 13.6. The monoisotopic (exact) mass is 640 g/mol. The summed E-state index contributed by atoms with van der Waals surface area (Å²) < 4.78 is 29.5. The highest BCUT2D eigenvalue weighted by Crippen LogP contribution is 2.22. The van der Waals surface area contributed by atoms with Crippen LogP contribution in [-0.4, -0.2) is 73.2 Å². The fraction of sp³-hybridized carbons (Fsp3) is 0.273. The second-order valence-electron chi connectivity index (χ2n) is 11.4. The van der Waals surface area contributed by atoms with Crippen molar-refractivity contribution < 1.29 is 13.6 Å². The molecule has 6 rings (SSSR count). The highest BCUT2D eigenvalue weighted by atomic mass is 19.2. The molecule has 0 radical (unpaired) electrons. The Morgan fingerprint density at radius 2 is 1.77 bits per heavy atom. The number of rotatable bonds is 11. The highest BCUT2D eigenvalue weighted by Gasteiger charge is 2.16. The zero-order chi connectivity index (χ0) is 32.9. The number of piperazine rings is 1. The van der Waals surface area contributed by atoms with Crippen molar-refractivity contribution in [1.29, 1.82) is 0 Å². The molecule has 5 aromatic rings. The zero-order valence-corrected chi connectivity index (χ0v) is 25.8. The molecule has 0 bridgehead atoms. The number of likely N-dealkylation sites (N-methyl/N-ethyl adjacent to an activating group) is 1. The van der Waals surface area contributed by atoms with Crippen molar-refractivity contribution in [1.82, 2.24) is 34.2 Å². The molecule has 1 fully saturated rings. The summed E-state index contributed by atoms with van der Waals surface area (Å²) in [7, 11) is 2.13. The second-order valence-corrected chi connectivity index (χ2v) is 11.4. The first-order valence-electron chi connectivity index (χ1n) is 15.2. The van der Waals surface area contributed by atoms with Crippen LogP contribution in [0, 0.1) is 11.6 Å². The number of nitrogens with two attached hydrogens (primary N) is 1. The number of hydrogen-bond acceptors (Lipinski definition) is 10. The first-order chi connectivity index (χ1) is 22.7. The molecular formula is C33H34F2N10O2. The number of carbonyl (C=O) groups excluding carboxylic acids is 1. The molecule has 0 saturated carbocycles. The van der Waals surface area contributed by atoms with Crippen LogP contribution in [0.15, 0.2) is 78.0 Å². The van der Waals surface area contributed by atoms with Gasteiger partial charge in [0, 0.05) is 55.9 Å². The van der Waals surface area contributed by atoms with E-state index in [1.165, 1.54) is 33.5 Å². The first-order valence-corrected chi connectivity index (χ1v) is 15.2. The Kier molecular flexibility index (Phi) is 9.29. The van der Waals surface area contributed by atoms with Crippen LogP contribution in [-0.2, 0) is 13.0 Å². The molecule has 4 heterocycles. The van der Waals surface area contributed by atoms with E-state index in [9.17, 15) is 18.4 Å². The van der Waals surface area contributed by atoms with Crippen molar-refractivity contribution in [3.8, 4) is 5.82 Å². The Balaban J connectivity index is 1.05. The molecule has 242 valence electrons. The molecule has 3 aromatic heterocycles. The molecule has 2 aromatic carbocycles. The zero-order valence-electron chi connectivity index (χ0n) is 25.8. The van der Waals surface area contributed by atoms with Gasteiger partial charge in [-0.1, -0.05) is 12.1 Å². The number of hydrogen-bond donors (Lipinski definition) is 2. The minimum atomic E-state index is -1.01. The molecule has 0 aliphatic carbocycles. The number of aryl methyl sites for hydroxylation is 1. The van der Waals surface area contributed by atoms with E-state index in [1.807, 2.05) is 24.3 Å². The molecule has 47 heavy (non-hydrogen) atoms. The molecule has 12 nitrogen and oxygen atoms in total. The van der Waals surface area contributed by atoms with Gasteiger partial charge in [-0.3, -0.25) is 14.2 Å². The van der Waals surface area contributed by atoms with Crippen molar-refractivity contribution in [3.63, 3.8) is 0 Å². The summed E-state index contributed by atoms with van der Waals surface area (Å²) in [6.07, 6.45) is 3.47. The summed E-state index contributed by atoms with van der Waals surface area (Å²) in [6, 6.07) is 16.9. The van der Waals surface area contributed by atoms with Crippen molar-refractivity contribution in [2.75, 3.05) is 49.2 Å². The van der Waals surface area contributed by atoms with Gasteiger partial charge in [-0.2, -0.15) is 9.67 Å². The molecule has 1 aliphatic rings. The Hall–Kier alpha value is -5.50. The predicted molar refractivity (Wildman–Crippen MR) is 174 cm³/mol. The van der Waals surface area contributed by atoms with E-state index in [4.69, 9.17) is 5.73 Å². The average molecular weight is 641 g/mol. The summed E-state index contributed by atoms with van der Waals surface area (Å²) in [5, 5.41) is 7.69. The Bertz CT molecular complexity index is 1930. The van der Waals surface area contributed by atoms with Crippen molar-refractivity contribution in [2.24, 2.45) is 0 Å². The van der Waals surface area contributed by atoms with Gasteiger partial charge in [0.05, 0.1) is 12.9 Å². The molecule has 0 spiro atoms. The number of benzene rings is 2. The second kappa shape index (κ2) is 13.9. The number of nitrogens with one attached hydrogen (secondary N) is 1. The van der Waals surface area contributed by atoms with Gasteiger partial charge in [-0.05, 0) is 74.0 Å². The van der Waals surface area contributed by atoms with Crippen LogP contribution in [0.3, 0.4) is 0 Å². The van der Waals surface area contributed by atoms with E-state index in [-0.39, 0.29) is 30.3 Å². The third kappa shape index (κ3) is 7.49. The van der Waals surface area contributed by atoms with Gasteiger partial charge in [-0.25, -0.2) is 18.7 Å². The minimum Gasteiger partial charge on any atom is -0.369 e. The van der Waals surface area contributed by atoms with E-state index in [0.29, 0.717) is 35.9 Å². The highest BCUT2D eigenvalue weighted by molar-refractivity contribution is 5.95. The lowest BCUT2D eigenvalue weighted by molar-refractivity contribution is 0.0977. The van der Waals surface area contributed by atoms with Gasteiger partial charge in [0.2, 0.25) is 11.9 Å². The lowest BCUT2D eigenvalue weighted by Gasteiger charge is -2.34. The van der Waals surface area contributed by atoms with Crippen molar-refractivity contribution in [3.05, 3.63) is 112 Å². The van der Waals surface area contributed by atoms with Crippen molar-refractivity contribution >= 4 is 29.1 Å². The van der Waals surface area contributed by atoms with Crippen LogP contribution in [0.4, 0.5) is 32.1 Å². The number of carbonyl (C=O) groups is 1. The maximum Gasteiger partial charge on any atom is 0.264 e.